The summed E-state index contributed by atoms with van der Waals surface area (Å²) >= 11 is 0. The lowest BCUT2D eigenvalue weighted by molar-refractivity contribution is 0.177. The smallest absolute Gasteiger partial charge is 0.322 e. The van der Waals surface area contributed by atoms with Gasteiger partial charge in [0.05, 0.1) is 30.5 Å². The summed E-state index contributed by atoms with van der Waals surface area (Å²) in [5.41, 5.74) is 5.33. The Bertz CT molecular complexity index is 1510. The van der Waals surface area contributed by atoms with E-state index >= 15 is 0 Å². The highest BCUT2D eigenvalue weighted by Gasteiger charge is 2.34. The molecule has 1 N–H and O–H groups in total. The summed E-state index contributed by atoms with van der Waals surface area (Å²) in [6.07, 6.45) is 5.55. The van der Waals surface area contributed by atoms with Crippen LogP contribution < -0.4 is 5.32 Å². The van der Waals surface area contributed by atoms with E-state index in [1.54, 1.807) is 17.2 Å². The normalized spacial score (nSPS) is 17.5. The van der Waals surface area contributed by atoms with Crippen LogP contribution in [-0.2, 0) is 25.9 Å². The van der Waals surface area contributed by atoms with E-state index in [0.29, 0.717) is 55.3 Å². The van der Waals surface area contributed by atoms with Gasteiger partial charge in [0.15, 0.2) is 5.76 Å². The Balaban J connectivity index is 1.43. The van der Waals surface area contributed by atoms with E-state index in [0.717, 1.165) is 28.9 Å². The second-order valence-corrected chi connectivity index (χ2v) is 12.2. The van der Waals surface area contributed by atoms with Crippen molar-refractivity contribution in [1.82, 2.24) is 19.8 Å². The quantitative estimate of drug-likeness (QED) is 0.366. The topological polar surface area (TPSA) is 100.0 Å². The van der Waals surface area contributed by atoms with Gasteiger partial charge in [0.2, 0.25) is 0 Å². The predicted molar refractivity (Wildman–Crippen MR) is 151 cm³/mol. The Hall–Kier alpha value is -3.93. The van der Waals surface area contributed by atoms with Crippen molar-refractivity contribution in [3.05, 3.63) is 64.2 Å². The molecule has 0 radical (unpaired) electrons. The first-order valence-electron chi connectivity index (χ1n) is 14.0. The molecule has 0 spiro atoms. The fourth-order valence-electron chi connectivity index (χ4n) is 5.94. The van der Waals surface area contributed by atoms with E-state index in [4.69, 9.17) is 14.9 Å². The number of urea groups is 1. The molecule has 2 aromatic heterocycles. The molecule has 0 saturated carbocycles. The van der Waals surface area contributed by atoms with Crippen molar-refractivity contribution in [2.75, 3.05) is 11.9 Å². The van der Waals surface area contributed by atoms with Crippen LogP contribution in [0.2, 0.25) is 0 Å². The van der Waals surface area contributed by atoms with Crippen LogP contribution in [0.3, 0.4) is 0 Å². The molecule has 0 aliphatic carbocycles. The summed E-state index contributed by atoms with van der Waals surface area (Å²) in [7, 11) is 0. The molecule has 2 amide bonds. The predicted octanol–water partition coefficient (Wildman–Crippen LogP) is 6.58. The first kappa shape index (κ1) is 27.6. The number of rotatable bonds is 5. The minimum Gasteiger partial charge on any atom is -0.354 e. The zero-order chi connectivity index (χ0) is 28.8. The SMILES string of the molecule is CC(C)C(C)C(C)C(C)(C)/C=C1\Cc2cnoc2-c2c3c(nn2C1)CCN(C(=O)Nc1ccc(F)c(C#N)c1)C3. The Morgan fingerprint density at radius 3 is 2.75 bits per heavy atom. The molecule has 5 rings (SSSR count). The van der Waals surface area contributed by atoms with Gasteiger partial charge in [-0.05, 0) is 46.9 Å². The zero-order valence-corrected chi connectivity index (χ0v) is 24.1. The molecule has 8 nitrogen and oxygen atoms in total. The monoisotopic (exact) mass is 544 g/mol. The minimum absolute atomic E-state index is 0.00568. The summed E-state index contributed by atoms with van der Waals surface area (Å²) in [5, 5.41) is 21.0. The van der Waals surface area contributed by atoms with E-state index < -0.39 is 5.82 Å². The lowest BCUT2D eigenvalue weighted by Crippen LogP contribution is -2.38. The van der Waals surface area contributed by atoms with Crippen LogP contribution in [0.25, 0.3) is 11.5 Å². The molecule has 9 heteroatoms. The second-order valence-electron chi connectivity index (χ2n) is 12.2. The van der Waals surface area contributed by atoms with Crippen molar-refractivity contribution in [1.29, 1.82) is 5.26 Å². The van der Waals surface area contributed by atoms with Crippen molar-refractivity contribution in [2.24, 2.45) is 23.2 Å². The summed E-state index contributed by atoms with van der Waals surface area (Å²) in [5.74, 6) is 1.77. The lowest BCUT2D eigenvalue weighted by atomic mass is 9.69. The molecule has 2 aliphatic rings. The molecule has 1 aromatic carbocycles. The summed E-state index contributed by atoms with van der Waals surface area (Å²) < 4.78 is 21.5. The number of nitriles is 1. The molecule has 210 valence electrons. The molecule has 0 fully saturated rings. The first-order valence-corrected chi connectivity index (χ1v) is 14.0. The fourth-order valence-corrected chi connectivity index (χ4v) is 5.94. The maximum Gasteiger partial charge on any atom is 0.322 e. The number of hydrogen-bond donors (Lipinski definition) is 1. The third-order valence-corrected chi connectivity index (χ3v) is 8.95. The van der Waals surface area contributed by atoms with Crippen molar-refractivity contribution in [2.45, 2.75) is 67.5 Å². The summed E-state index contributed by atoms with van der Waals surface area (Å²) in [6, 6.07) is 5.47. The number of allylic oxidation sites excluding steroid dienone is 2. The second kappa shape index (κ2) is 10.6. The average Bonchev–Trinajstić information content (AvgIpc) is 3.47. The van der Waals surface area contributed by atoms with Crippen LogP contribution in [0.15, 0.2) is 40.6 Å². The number of aromatic nitrogens is 3. The van der Waals surface area contributed by atoms with Crippen molar-refractivity contribution in [3.63, 3.8) is 0 Å². The van der Waals surface area contributed by atoms with E-state index in [-0.39, 0.29) is 17.0 Å². The molecular formula is C31H37FN6O2. The van der Waals surface area contributed by atoms with Gasteiger partial charge in [-0.1, -0.05) is 52.8 Å². The van der Waals surface area contributed by atoms with Gasteiger partial charge >= 0.3 is 6.03 Å². The molecule has 2 unspecified atom stereocenters. The van der Waals surface area contributed by atoms with Crippen LogP contribution in [0.1, 0.15) is 63.9 Å². The number of anilines is 1. The van der Waals surface area contributed by atoms with Gasteiger partial charge in [0.1, 0.15) is 17.6 Å². The van der Waals surface area contributed by atoms with Gasteiger partial charge < -0.3 is 14.7 Å². The van der Waals surface area contributed by atoms with Crippen LogP contribution in [0, 0.1) is 40.3 Å². The third kappa shape index (κ3) is 5.15. The number of fused-ring (bicyclic) bond motifs is 5. The molecule has 4 heterocycles. The highest BCUT2D eigenvalue weighted by molar-refractivity contribution is 5.90. The van der Waals surface area contributed by atoms with Gasteiger partial charge in [-0.25, -0.2) is 9.18 Å². The number of carbonyl (C=O) groups excluding carboxylic acids is 1. The molecule has 0 bridgehead atoms. The molecular weight excluding hydrogens is 507 g/mol. The Labute approximate surface area is 234 Å². The van der Waals surface area contributed by atoms with E-state index in [9.17, 15) is 9.18 Å². The van der Waals surface area contributed by atoms with Crippen LogP contribution >= 0.6 is 0 Å². The molecule has 2 atom stereocenters. The van der Waals surface area contributed by atoms with Crippen LogP contribution in [0.5, 0.6) is 0 Å². The number of nitrogens with one attached hydrogen (secondary N) is 1. The summed E-state index contributed by atoms with van der Waals surface area (Å²) in [6.45, 7) is 15.4. The largest absolute Gasteiger partial charge is 0.354 e. The fraction of sp³-hybridized carbons (Fsp3) is 0.484. The van der Waals surface area contributed by atoms with Crippen molar-refractivity contribution < 1.29 is 13.7 Å². The van der Waals surface area contributed by atoms with E-state index in [1.165, 1.54) is 23.8 Å². The zero-order valence-electron chi connectivity index (χ0n) is 24.1. The number of halogens is 1. The van der Waals surface area contributed by atoms with Gasteiger partial charge in [0.25, 0.3) is 0 Å². The van der Waals surface area contributed by atoms with Gasteiger partial charge in [-0.2, -0.15) is 10.4 Å². The summed E-state index contributed by atoms with van der Waals surface area (Å²) in [4.78, 5) is 14.9. The van der Waals surface area contributed by atoms with Crippen molar-refractivity contribution in [3.8, 4) is 17.5 Å². The highest BCUT2D eigenvalue weighted by Crippen LogP contribution is 2.41. The van der Waals surface area contributed by atoms with Gasteiger partial charge in [-0.15, -0.1) is 0 Å². The van der Waals surface area contributed by atoms with Crippen LogP contribution in [-0.4, -0.2) is 32.4 Å². The van der Waals surface area contributed by atoms with Crippen molar-refractivity contribution >= 4 is 11.7 Å². The molecule has 40 heavy (non-hydrogen) atoms. The molecule has 2 aliphatic heterocycles. The number of amides is 2. The molecule has 3 aromatic rings. The maximum absolute atomic E-state index is 13.7. The molecule has 0 saturated heterocycles. The first-order chi connectivity index (χ1) is 19.0. The Morgan fingerprint density at radius 2 is 2.02 bits per heavy atom. The highest BCUT2D eigenvalue weighted by atomic mass is 19.1. The van der Waals surface area contributed by atoms with Crippen LogP contribution in [0.4, 0.5) is 14.9 Å². The van der Waals surface area contributed by atoms with Gasteiger partial charge in [-0.3, -0.25) is 4.68 Å². The van der Waals surface area contributed by atoms with Gasteiger partial charge in [0, 0.05) is 36.2 Å². The van der Waals surface area contributed by atoms with E-state index in [2.05, 4.69) is 58.1 Å². The lowest BCUT2D eigenvalue weighted by Gasteiger charge is -2.36. The number of nitrogens with zero attached hydrogens (tertiary/aromatic N) is 5. The minimum atomic E-state index is -0.616. The third-order valence-electron chi connectivity index (χ3n) is 8.95. The Morgan fingerprint density at radius 1 is 1.25 bits per heavy atom. The maximum atomic E-state index is 13.7. The average molecular weight is 545 g/mol. The number of carbonyl (C=O) groups is 1. The number of hydrogen-bond acceptors (Lipinski definition) is 5. The van der Waals surface area contributed by atoms with E-state index in [1.807, 2.05) is 4.68 Å². The Kier molecular flexibility index (Phi) is 7.30. The number of benzene rings is 1. The standard InChI is InChI=1S/C31H37FN6O2/c1-18(2)19(3)20(4)31(5,6)13-21-11-23-15-34-40-29(23)28-25-17-37(10-9-27(25)36-38(28)16-21)30(39)35-24-7-8-26(32)22(12-24)14-33/h7-8,12-13,15,18-20H,9-11,16-17H2,1-6H3,(H,35,39)/b21-13+.